The summed E-state index contributed by atoms with van der Waals surface area (Å²) in [5.74, 6) is 2.25. The van der Waals surface area contributed by atoms with Crippen molar-refractivity contribution in [1.29, 1.82) is 0 Å². The number of guanidine groups is 1. The lowest BCUT2D eigenvalue weighted by Crippen LogP contribution is -2.44. The molecule has 1 atom stereocenters. The van der Waals surface area contributed by atoms with E-state index in [1.807, 2.05) is 23.8 Å². The largest absolute Gasteiger partial charge is 0.383 e. The maximum absolute atomic E-state index is 12.4. The maximum Gasteiger partial charge on any atom is 0.215 e. The molecule has 1 aromatic heterocycles. The third-order valence-corrected chi connectivity index (χ3v) is 7.55. The van der Waals surface area contributed by atoms with Gasteiger partial charge in [-0.15, -0.1) is 0 Å². The first-order chi connectivity index (χ1) is 12.3. The van der Waals surface area contributed by atoms with Crippen molar-refractivity contribution < 1.29 is 13.5 Å². The molecule has 3 N–H and O–H groups in total. The summed E-state index contributed by atoms with van der Waals surface area (Å²) in [5.41, 5.74) is -0.229. The Morgan fingerprint density at radius 3 is 2.73 bits per heavy atom. The van der Waals surface area contributed by atoms with Gasteiger partial charge in [0, 0.05) is 37.7 Å². The van der Waals surface area contributed by atoms with Crippen molar-refractivity contribution in [3.63, 3.8) is 0 Å². The third kappa shape index (κ3) is 6.41. The second kappa shape index (κ2) is 9.93. The Hall–Kier alpha value is -0.810. The number of thioether (sulfide) groups is 1. The topological polar surface area (TPSA) is 94.0 Å². The number of hydrogen-bond donors (Lipinski definition) is 3. The molecule has 1 fully saturated rings. The minimum atomic E-state index is -3.25. The molecule has 2 heterocycles. The maximum atomic E-state index is 12.4. The first kappa shape index (κ1) is 21.5. The number of thiophene rings is 1. The van der Waals surface area contributed by atoms with E-state index in [-0.39, 0.29) is 18.8 Å². The monoisotopic (exact) mass is 420 g/mol. The van der Waals surface area contributed by atoms with E-state index in [9.17, 15) is 13.5 Å². The number of nitrogens with zero attached hydrogens (tertiary/aromatic N) is 2. The molecular formula is C16H28N4O3S3. The van der Waals surface area contributed by atoms with Gasteiger partial charge in [-0.1, -0.05) is 0 Å². The van der Waals surface area contributed by atoms with Crippen LogP contribution in [0.15, 0.2) is 21.8 Å². The number of rotatable bonds is 8. The molecule has 0 amide bonds. The molecule has 0 radical (unpaired) electrons. The normalized spacial score (nSPS) is 19.1. The average Bonchev–Trinajstić information content (AvgIpc) is 3.16. The predicted molar refractivity (Wildman–Crippen MR) is 111 cm³/mol. The highest BCUT2D eigenvalue weighted by molar-refractivity contribution is 7.99. The highest BCUT2D eigenvalue weighted by Gasteiger charge is 2.25. The summed E-state index contributed by atoms with van der Waals surface area (Å²) in [7, 11) is -3.25. The van der Waals surface area contributed by atoms with E-state index in [2.05, 4.69) is 15.6 Å². The second-order valence-corrected chi connectivity index (χ2v) is 10.3. The number of sulfonamides is 1. The van der Waals surface area contributed by atoms with Crippen LogP contribution in [0.5, 0.6) is 0 Å². The first-order valence-electron chi connectivity index (χ1n) is 8.68. The molecule has 1 unspecified atom stereocenters. The average molecular weight is 421 g/mol. The molecule has 0 spiro atoms. The van der Waals surface area contributed by atoms with Gasteiger partial charge in [0.1, 0.15) is 5.60 Å². The third-order valence-electron chi connectivity index (χ3n) is 4.05. The lowest BCUT2D eigenvalue weighted by Gasteiger charge is -2.25. The second-order valence-electron chi connectivity index (χ2n) is 6.24. The summed E-state index contributed by atoms with van der Waals surface area (Å²) >= 11 is 3.31. The van der Waals surface area contributed by atoms with Crippen LogP contribution in [0.2, 0.25) is 0 Å². The number of aliphatic hydroxyl groups is 1. The SMILES string of the molecule is CCNC(=NCC(C)(O)c1ccsc1)NCCS(=O)(=O)N1CCSCC1. The quantitative estimate of drug-likeness (QED) is 0.427. The molecule has 0 bridgehead atoms. The molecule has 1 aliphatic rings. The van der Waals surface area contributed by atoms with Gasteiger partial charge in [0.2, 0.25) is 10.0 Å². The van der Waals surface area contributed by atoms with Crippen molar-refractivity contribution >= 4 is 39.1 Å². The van der Waals surface area contributed by atoms with Gasteiger partial charge in [-0.05, 0) is 36.2 Å². The van der Waals surface area contributed by atoms with E-state index < -0.39 is 15.6 Å². The zero-order valence-corrected chi connectivity index (χ0v) is 17.7. The van der Waals surface area contributed by atoms with Gasteiger partial charge in [0.15, 0.2) is 5.96 Å². The number of aliphatic imine (C=N–C) groups is 1. The highest BCUT2D eigenvalue weighted by atomic mass is 32.2. The summed E-state index contributed by atoms with van der Waals surface area (Å²) in [5, 5.41) is 20.5. The Morgan fingerprint density at radius 2 is 2.12 bits per heavy atom. The van der Waals surface area contributed by atoms with Crippen molar-refractivity contribution in [3.8, 4) is 0 Å². The smallest absolute Gasteiger partial charge is 0.215 e. The van der Waals surface area contributed by atoms with Crippen molar-refractivity contribution in [2.45, 2.75) is 19.4 Å². The predicted octanol–water partition coefficient (Wildman–Crippen LogP) is 0.889. The molecule has 1 saturated heterocycles. The minimum absolute atomic E-state index is 0.0308. The lowest BCUT2D eigenvalue weighted by molar-refractivity contribution is 0.0677. The number of hydrogen-bond acceptors (Lipinski definition) is 6. The van der Waals surface area contributed by atoms with Gasteiger partial charge in [0.25, 0.3) is 0 Å². The minimum Gasteiger partial charge on any atom is -0.383 e. The standard InChI is InChI=1S/C16H28N4O3S3/c1-3-17-15(19-13-16(2,21)14-4-8-25-12-14)18-5-11-26(22,23)20-6-9-24-10-7-20/h4,8,12,21H,3,5-7,9-11,13H2,1-2H3,(H2,17,18,19). The Labute approximate surface area is 164 Å². The van der Waals surface area contributed by atoms with Gasteiger partial charge >= 0.3 is 0 Å². The molecule has 1 aliphatic heterocycles. The zero-order valence-electron chi connectivity index (χ0n) is 15.3. The summed E-state index contributed by atoms with van der Waals surface area (Å²) in [6.45, 7) is 5.96. The molecule has 2 rings (SSSR count). The van der Waals surface area contributed by atoms with Crippen LogP contribution in [0.1, 0.15) is 19.4 Å². The Morgan fingerprint density at radius 1 is 1.38 bits per heavy atom. The van der Waals surface area contributed by atoms with E-state index in [0.717, 1.165) is 17.1 Å². The summed E-state index contributed by atoms with van der Waals surface area (Å²) in [6, 6.07) is 1.88. The molecule has 148 valence electrons. The number of nitrogens with one attached hydrogen (secondary N) is 2. The van der Waals surface area contributed by atoms with Crippen LogP contribution >= 0.6 is 23.1 Å². The molecule has 1 aromatic rings. The summed E-state index contributed by atoms with van der Waals surface area (Å²) in [6.07, 6.45) is 0. The molecule has 7 nitrogen and oxygen atoms in total. The van der Waals surface area contributed by atoms with E-state index in [0.29, 0.717) is 25.6 Å². The van der Waals surface area contributed by atoms with Crippen LogP contribution in [0, 0.1) is 0 Å². The lowest BCUT2D eigenvalue weighted by atomic mass is 10.00. The van der Waals surface area contributed by atoms with E-state index in [1.54, 1.807) is 23.0 Å². The van der Waals surface area contributed by atoms with Gasteiger partial charge in [-0.3, -0.25) is 0 Å². The van der Waals surface area contributed by atoms with Crippen LogP contribution in [-0.4, -0.2) is 73.8 Å². The fourth-order valence-corrected chi connectivity index (χ4v) is 5.76. The molecule has 0 aromatic carbocycles. The fraction of sp³-hybridized carbons (Fsp3) is 0.688. The zero-order chi connectivity index (χ0) is 19.0. The van der Waals surface area contributed by atoms with Crippen LogP contribution in [0.25, 0.3) is 0 Å². The van der Waals surface area contributed by atoms with Crippen LogP contribution < -0.4 is 10.6 Å². The van der Waals surface area contributed by atoms with Crippen molar-refractivity contribution in [2.24, 2.45) is 4.99 Å². The molecule has 0 saturated carbocycles. The van der Waals surface area contributed by atoms with Gasteiger partial charge in [-0.2, -0.15) is 23.1 Å². The Balaban J connectivity index is 1.89. The molecule has 10 heteroatoms. The van der Waals surface area contributed by atoms with Gasteiger partial charge < -0.3 is 15.7 Å². The molecule has 26 heavy (non-hydrogen) atoms. The van der Waals surface area contributed by atoms with E-state index in [4.69, 9.17) is 0 Å². The fourth-order valence-electron chi connectivity index (χ4n) is 2.49. The van der Waals surface area contributed by atoms with Crippen molar-refractivity contribution in [1.82, 2.24) is 14.9 Å². The van der Waals surface area contributed by atoms with Crippen molar-refractivity contribution in [2.75, 3.05) is 50.0 Å². The van der Waals surface area contributed by atoms with E-state index >= 15 is 0 Å². The van der Waals surface area contributed by atoms with Crippen LogP contribution in [0.3, 0.4) is 0 Å². The Kier molecular flexibility index (Phi) is 8.21. The molecular weight excluding hydrogens is 392 g/mol. The van der Waals surface area contributed by atoms with Gasteiger partial charge in [-0.25, -0.2) is 17.7 Å². The Bertz CT molecular complexity index is 669. The van der Waals surface area contributed by atoms with Crippen LogP contribution in [-0.2, 0) is 15.6 Å². The van der Waals surface area contributed by atoms with Crippen molar-refractivity contribution in [3.05, 3.63) is 22.4 Å². The highest BCUT2D eigenvalue weighted by Crippen LogP contribution is 2.23. The van der Waals surface area contributed by atoms with Gasteiger partial charge in [0.05, 0.1) is 12.3 Å². The van der Waals surface area contributed by atoms with E-state index in [1.165, 1.54) is 11.3 Å². The first-order valence-corrected chi connectivity index (χ1v) is 12.4. The van der Waals surface area contributed by atoms with Crippen LogP contribution in [0.4, 0.5) is 0 Å². The molecule has 0 aliphatic carbocycles. The summed E-state index contributed by atoms with van der Waals surface area (Å²) < 4.78 is 26.3. The summed E-state index contributed by atoms with van der Waals surface area (Å²) in [4.78, 5) is 4.41.